The maximum atomic E-state index is 2.82. The van der Waals surface area contributed by atoms with E-state index in [9.17, 15) is 0 Å². The normalized spacial score (nSPS) is 53.3. The van der Waals surface area contributed by atoms with Crippen LogP contribution < -0.4 is 0 Å². The summed E-state index contributed by atoms with van der Waals surface area (Å²) in [5.74, 6) is 11.5. The molecule has 0 aromatic heterocycles. The van der Waals surface area contributed by atoms with Crippen molar-refractivity contribution in [1.82, 2.24) is 0 Å². The molecule has 0 N–H and O–H groups in total. The molecule has 0 nitrogen and oxygen atoms in total. The Morgan fingerprint density at radius 2 is 0.979 bits per heavy atom. The summed E-state index contributed by atoms with van der Waals surface area (Å²) >= 11 is 0. The molecule has 12 unspecified atom stereocenters. The summed E-state index contributed by atoms with van der Waals surface area (Å²) in [5.41, 5.74) is 6.06. The Morgan fingerprint density at radius 1 is 0.553 bits per heavy atom. The highest BCUT2D eigenvalue weighted by molar-refractivity contribution is 5.26. The number of fused-ring (bicyclic) bond motifs is 10. The van der Waals surface area contributed by atoms with Gasteiger partial charge in [-0.05, 0) is 202 Å². The highest BCUT2D eigenvalue weighted by atomic mass is 14.7. The van der Waals surface area contributed by atoms with E-state index in [1.54, 1.807) is 0 Å². The molecule has 0 bridgehead atoms. The molecule has 47 heavy (non-hydrogen) atoms. The molecule has 264 valence electrons. The summed E-state index contributed by atoms with van der Waals surface area (Å²) in [4.78, 5) is 0. The van der Waals surface area contributed by atoms with Crippen molar-refractivity contribution >= 4 is 0 Å². The first-order valence-electron chi connectivity index (χ1n) is 21.8. The van der Waals surface area contributed by atoms with E-state index in [-0.39, 0.29) is 0 Å². The Hall–Kier alpha value is -0.520. The van der Waals surface area contributed by atoms with Crippen LogP contribution in [0.15, 0.2) is 23.3 Å². The topological polar surface area (TPSA) is 0 Å². The summed E-state index contributed by atoms with van der Waals surface area (Å²) in [7, 11) is 0. The summed E-state index contributed by atoms with van der Waals surface area (Å²) < 4.78 is 0. The molecule has 8 rings (SSSR count). The number of allylic oxidation sites excluding steroid dienone is 4. The molecule has 8 aliphatic carbocycles. The summed E-state index contributed by atoms with van der Waals surface area (Å²) in [6, 6.07) is 0. The first-order valence-corrected chi connectivity index (χ1v) is 21.8. The Labute approximate surface area is 292 Å². The van der Waals surface area contributed by atoms with Gasteiger partial charge in [0.2, 0.25) is 0 Å². The van der Waals surface area contributed by atoms with Crippen LogP contribution in [0.5, 0.6) is 0 Å². The van der Waals surface area contributed by atoms with E-state index in [0.29, 0.717) is 21.7 Å². The van der Waals surface area contributed by atoms with Gasteiger partial charge in [0.15, 0.2) is 0 Å². The predicted octanol–water partition coefficient (Wildman–Crippen LogP) is 13.9. The molecule has 6 saturated carbocycles. The third kappa shape index (κ3) is 4.97. The molecular formula is C47H76. The van der Waals surface area contributed by atoms with Gasteiger partial charge in [0.1, 0.15) is 0 Å². The summed E-state index contributed by atoms with van der Waals surface area (Å²) in [6.45, 7) is 21.4. The van der Waals surface area contributed by atoms with Crippen LogP contribution in [0.3, 0.4) is 0 Å². The van der Waals surface area contributed by atoms with E-state index >= 15 is 0 Å². The number of rotatable bonds is 6. The van der Waals surface area contributed by atoms with Crippen molar-refractivity contribution in [1.29, 1.82) is 0 Å². The second-order valence-electron chi connectivity index (χ2n) is 21.2. The maximum Gasteiger partial charge on any atom is -0.00851 e. The minimum absolute atomic E-state index is 0.531. The highest BCUT2D eigenvalue weighted by Crippen LogP contribution is 2.70. The van der Waals surface area contributed by atoms with Crippen LogP contribution in [0.2, 0.25) is 0 Å². The van der Waals surface area contributed by atoms with Gasteiger partial charge >= 0.3 is 0 Å². The lowest BCUT2D eigenvalue weighted by Gasteiger charge is -2.59. The molecule has 0 aromatic carbocycles. The average molecular weight is 641 g/mol. The van der Waals surface area contributed by atoms with E-state index in [4.69, 9.17) is 0 Å². The van der Waals surface area contributed by atoms with Crippen molar-refractivity contribution in [3.8, 4) is 0 Å². The van der Waals surface area contributed by atoms with Crippen molar-refractivity contribution in [2.75, 3.05) is 0 Å². The lowest BCUT2D eigenvalue weighted by molar-refractivity contribution is -0.0619. The van der Waals surface area contributed by atoms with Gasteiger partial charge in [0.05, 0.1) is 0 Å². The lowest BCUT2D eigenvalue weighted by Crippen LogP contribution is -2.51. The molecule has 0 aliphatic heterocycles. The van der Waals surface area contributed by atoms with Crippen LogP contribution in [0.4, 0.5) is 0 Å². The lowest BCUT2D eigenvalue weighted by atomic mass is 9.46. The van der Waals surface area contributed by atoms with Gasteiger partial charge in [-0.3, -0.25) is 0 Å². The van der Waals surface area contributed by atoms with Crippen LogP contribution in [-0.4, -0.2) is 0 Å². The zero-order valence-corrected chi connectivity index (χ0v) is 32.5. The molecule has 0 spiro atoms. The third-order valence-electron chi connectivity index (χ3n) is 19.8. The maximum absolute atomic E-state index is 2.82. The molecule has 0 aromatic rings. The fourth-order valence-corrected chi connectivity index (χ4v) is 17.0. The Bertz CT molecular complexity index is 1140. The molecule has 6 fully saturated rings. The molecule has 0 amide bonds. The molecule has 0 heteroatoms. The Balaban J connectivity index is 0.940. The van der Waals surface area contributed by atoms with Crippen LogP contribution in [0.1, 0.15) is 177 Å². The smallest absolute Gasteiger partial charge is 0.00851 e. The Morgan fingerprint density at radius 3 is 1.38 bits per heavy atom. The fraction of sp³-hybridized carbons (Fsp3) is 0.915. The molecule has 0 radical (unpaired) electrons. The predicted molar refractivity (Wildman–Crippen MR) is 201 cm³/mol. The molecule has 8 aliphatic rings. The summed E-state index contributed by atoms with van der Waals surface area (Å²) in [5, 5.41) is 0. The van der Waals surface area contributed by atoms with Crippen molar-refractivity contribution in [3.63, 3.8) is 0 Å². The van der Waals surface area contributed by atoms with Crippen molar-refractivity contribution in [2.24, 2.45) is 92.7 Å². The highest BCUT2D eigenvalue weighted by Gasteiger charge is 2.61. The molecule has 0 heterocycles. The number of hydrogen-bond acceptors (Lipinski definition) is 0. The van der Waals surface area contributed by atoms with Gasteiger partial charge in [-0.1, -0.05) is 91.5 Å². The molecule has 0 saturated heterocycles. The first-order chi connectivity index (χ1) is 22.5. The van der Waals surface area contributed by atoms with E-state index in [1.807, 2.05) is 11.1 Å². The van der Waals surface area contributed by atoms with Crippen molar-refractivity contribution < 1.29 is 0 Å². The molecule has 16 atom stereocenters. The Kier molecular flexibility index (Phi) is 8.60. The van der Waals surface area contributed by atoms with E-state index < -0.39 is 0 Å². The first kappa shape index (κ1) is 33.6. The SMILES string of the molecule is CC[C@H]1CCC2(C)C(=CCC3C2CCC2(C)C3CCC2[C@H](C)C[C@@H](C)C2CCC3C4CC=C5C[C@@H](CC)CCC5(C)C4CCC32C)C1. The van der Waals surface area contributed by atoms with Gasteiger partial charge in [0, 0.05) is 0 Å². The van der Waals surface area contributed by atoms with Gasteiger partial charge in [-0.15, -0.1) is 0 Å². The van der Waals surface area contributed by atoms with Crippen LogP contribution in [0, 0.1) is 92.7 Å². The van der Waals surface area contributed by atoms with Gasteiger partial charge < -0.3 is 0 Å². The fourth-order valence-electron chi connectivity index (χ4n) is 17.0. The third-order valence-corrected chi connectivity index (χ3v) is 19.8. The van der Waals surface area contributed by atoms with E-state index in [1.165, 1.54) is 122 Å². The second-order valence-corrected chi connectivity index (χ2v) is 21.2. The zero-order chi connectivity index (χ0) is 32.9. The zero-order valence-electron chi connectivity index (χ0n) is 32.5. The van der Waals surface area contributed by atoms with Crippen LogP contribution in [0.25, 0.3) is 0 Å². The largest absolute Gasteiger partial charge is 0.0845 e. The van der Waals surface area contributed by atoms with Crippen LogP contribution in [-0.2, 0) is 0 Å². The minimum atomic E-state index is 0.531. The second kappa shape index (κ2) is 12.0. The van der Waals surface area contributed by atoms with Crippen molar-refractivity contribution in [2.45, 2.75) is 177 Å². The monoisotopic (exact) mass is 641 g/mol. The average Bonchev–Trinajstić information content (AvgIpc) is 3.61. The summed E-state index contributed by atoms with van der Waals surface area (Å²) in [6.07, 6.45) is 33.8. The van der Waals surface area contributed by atoms with Gasteiger partial charge in [-0.25, -0.2) is 0 Å². The standard InChI is InChI=1S/C47H76/c1-9-32-19-23-44(5)34(28-32)11-13-36-40-17-15-38(46(40,7)25-21-42(36)44)30(3)27-31(4)39-16-18-41-37-14-12-35-29-33(10-2)20-24-45(35,6)43(37)22-26-47(39,41)8/h11-12,30-33,36-43H,9-10,13-29H2,1-8H3/t30-,31-,32+,33+,36?,37?,38?,39?,40?,41?,42?,43?,44?,45?,46?,47?/m1/s1. The van der Waals surface area contributed by atoms with E-state index in [2.05, 4.69) is 67.5 Å². The van der Waals surface area contributed by atoms with Gasteiger partial charge in [0.25, 0.3) is 0 Å². The molecular weight excluding hydrogens is 565 g/mol. The minimum Gasteiger partial charge on any atom is -0.0845 e. The van der Waals surface area contributed by atoms with E-state index in [0.717, 1.165) is 71.0 Å². The van der Waals surface area contributed by atoms with Gasteiger partial charge in [-0.2, -0.15) is 0 Å². The quantitative estimate of drug-likeness (QED) is 0.253. The number of hydrogen-bond donors (Lipinski definition) is 0. The van der Waals surface area contributed by atoms with Crippen LogP contribution >= 0.6 is 0 Å². The van der Waals surface area contributed by atoms with Crippen molar-refractivity contribution in [3.05, 3.63) is 23.3 Å².